The molecule has 0 aliphatic heterocycles. The number of ether oxygens (including phenoxy) is 5. The van der Waals surface area contributed by atoms with Crippen molar-refractivity contribution in [3.05, 3.63) is 46.9 Å². The summed E-state index contributed by atoms with van der Waals surface area (Å²) in [5, 5.41) is 0.377. The van der Waals surface area contributed by atoms with Crippen molar-refractivity contribution in [2.45, 2.75) is 18.6 Å². The number of methoxy groups -OCH3 is 4. The highest BCUT2D eigenvalue weighted by Crippen LogP contribution is 2.35. The molecule has 2 aromatic rings. The van der Waals surface area contributed by atoms with Gasteiger partial charge < -0.3 is 23.7 Å². The highest BCUT2D eigenvalue weighted by molar-refractivity contribution is 7.93. The van der Waals surface area contributed by atoms with Gasteiger partial charge in [0.15, 0.2) is 21.3 Å². The van der Waals surface area contributed by atoms with Crippen LogP contribution in [0.2, 0.25) is 0 Å². The summed E-state index contributed by atoms with van der Waals surface area (Å²) in [7, 11) is 2.02. The number of carbonyl (C=O) groups is 2. The molecule has 0 aromatic heterocycles. The van der Waals surface area contributed by atoms with E-state index in [1.54, 1.807) is 18.2 Å². The van der Waals surface area contributed by atoms with Gasteiger partial charge in [0, 0.05) is 24.0 Å². The zero-order valence-electron chi connectivity index (χ0n) is 19.1. The lowest BCUT2D eigenvalue weighted by molar-refractivity contribution is -0.135. The van der Waals surface area contributed by atoms with E-state index in [0.29, 0.717) is 28.4 Å². The SMILES string of the molecule is COc1cc(OC)c(/C=C/S(=O)(=O)Cc2ccc(OC)c(OC(=O)CCC(=O)Cl)c2)c(OC)c1. The average Bonchev–Trinajstić information content (AvgIpc) is 2.80. The molecule has 2 rings (SSSR count). The summed E-state index contributed by atoms with van der Waals surface area (Å²) in [5.74, 6) is 0.419. The summed E-state index contributed by atoms with van der Waals surface area (Å²) in [6, 6.07) is 7.63. The van der Waals surface area contributed by atoms with Gasteiger partial charge in [-0.3, -0.25) is 9.59 Å². The van der Waals surface area contributed by atoms with E-state index in [0.717, 1.165) is 5.41 Å². The molecular formula is C23H25ClO9S. The summed E-state index contributed by atoms with van der Waals surface area (Å²) < 4.78 is 51.8. The van der Waals surface area contributed by atoms with Crippen molar-refractivity contribution >= 4 is 38.7 Å². The van der Waals surface area contributed by atoms with Crippen LogP contribution in [0.4, 0.5) is 0 Å². The Hall–Kier alpha value is -3.24. The Bertz CT molecular complexity index is 1150. The molecule has 0 radical (unpaired) electrons. The summed E-state index contributed by atoms with van der Waals surface area (Å²) in [5.41, 5.74) is 0.780. The standard InChI is InChI=1S/C23H25ClO9S/c1-29-16-12-19(31-3)17(20(13-16)32-4)9-10-34(27,28)14-15-5-6-18(30-2)21(11-15)33-23(26)8-7-22(24)25/h5-6,9-13H,7-8,14H2,1-4H3/b10-9+. The topological polar surface area (TPSA) is 114 Å². The number of hydrogen-bond donors (Lipinski definition) is 0. The van der Waals surface area contributed by atoms with Crippen LogP contribution in [0, 0.1) is 0 Å². The molecule has 0 N–H and O–H groups in total. The van der Waals surface area contributed by atoms with Crippen molar-refractivity contribution in [2.75, 3.05) is 28.4 Å². The maximum atomic E-state index is 12.8. The van der Waals surface area contributed by atoms with Gasteiger partial charge >= 0.3 is 5.97 Å². The Kier molecular flexibility index (Phi) is 9.76. The smallest absolute Gasteiger partial charge is 0.311 e. The molecular weight excluding hydrogens is 488 g/mol. The lowest BCUT2D eigenvalue weighted by Gasteiger charge is -2.12. The normalized spacial score (nSPS) is 11.2. The summed E-state index contributed by atoms with van der Waals surface area (Å²) in [4.78, 5) is 22.8. The van der Waals surface area contributed by atoms with Gasteiger partial charge in [0.25, 0.3) is 0 Å². The maximum absolute atomic E-state index is 12.8. The van der Waals surface area contributed by atoms with Crippen LogP contribution in [0.15, 0.2) is 35.7 Å². The minimum Gasteiger partial charge on any atom is -0.496 e. The third kappa shape index (κ3) is 7.67. The Morgan fingerprint density at radius 1 is 0.853 bits per heavy atom. The van der Waals surface area contributed by atoms with Crippen molar-refractivity contribution < 1.29 is 41.7 Å². The number of benzene rings is 2. The van der Waals surface area contributed by atoms with Gasteiger partial charge in [-0.15, -0.1) is 0 Å². The van der Waals surface area contributed by atoms with Crippen LogP contribution in [-0.2, 0) is 25.2 Å². The molecule has 0 amide bonds. The summed E-state index contributed by atoms with van der Waals surface area (Å²) in [6.45, 7) is 0. The van der Waals surface area contributed by atoms with Crippen molar-refractivity contribution in [3.63, 3.8) is 0 Å². The largest absolute Gasteiger partial charge is 0.496 e. The molecule has 11 heteroatoms. The third-order valence-corrected chi connectivity index (χ3v) is 6.02. The summed E-state index contributed by atoms with van der Waals surface area (Å²) in [6.07, 6.45) is 0.974. The predicted molar refractivity (Wildman–Crippen MR) is 126 cm³/mol. The van der Waals surface area contributed by atoms with E-state index in [-0.39, 0.29) is 30.1 Å². The average molecular weight is 513 g/mol. The molecule has 0 saturated carbocycles. The number of esters is 1. The second-order valence-electron chi connectivity index (χ2n) is 6.87. The van der Waals surface area contributed by atoms with Crippen LogP contribution in [0.1, 0.15) is 24.0 Å². The highest BCUT2D eigenvalue weighted by atomic mass is 35.5. The van der Waals surface area contributed by atoms with E-state index in [2.05, 4.69) is 0 Å². The first-order valence-electron chi connectivity index (χ1n) is 9.89. The quantitative estimate of drug-likeness (QED) is 0.238. The van der Waals surface area contributed by atoms with Crippen molar-refractivity contribution in [1.82, 2.24) is 0 Å². The lowest BCUT2D eigenvalue weighted by Crippen LogP contribution is -2.10. The van der Waals surface area contributed by atoms with Crippen molar-refractivity contribution in [1.29, 1.82) is 0 Å². The molecule has 0 saturated heterocycles. The second-order valence-corrected chi connectivity index (χ2v) is 9.18. The molecule has 0 spiro atoms. The van der Waals surface area contributed by atoms with E-state index in [9.17, 15) is 18.0 Å². The minimum atomic E-state index is -3.75. The van der Waals surface area contributed by atoms with Crippen LogP contribution in [0.25, 0.3) is 6.08 Å². The first-order valence-corrected chi connectivity index (χ1v) is 12.0. The van der Waals surface area contributed by atoms with Crippen LogP contribution >= 0.6 is 11.6 Å². The molecule has 34 heavy (non-hydrogen) atoms. The van der Waals surface area contributed by atoms with Gasteiger partial charge in [-0.2, -0.15) is 0 Å². The monoisotopic (exact) mass is 512 g/mol. The lowest BCUT2D eigenvalue weighted by atomic mass is 10.1. The van der Waals surface area contributed by atoms with E-state index in [4.69, 9.17) is 35.3 Å². The summed E-state index contributed by atoms with van der Waals surface area (Å²) >= 11 is 5.24. The molecule has 0 aliphatic rings. The van der Waals surface area contributed by atoms with Crippen molar-refractivity contribution in [3.8, 4) is 28.7 Å². The Morgan fingerprint density at radius 3 is 2.00 bits per heavy atom. The molecule has 9 nitrogen and oxygen atoms in total. The van der Waals surface area contributed by atoms with E-state index in [1.165, 1.54) is 46.6 Å². The molecule has 0 unspecified atom stereocenters. The van der Waals surface area contributed by atoms with Gasteiger partial charge in [0.2, 0.25) is 5.24 Å². The Morgan fingerprint density at radius 2 is 1.47 bits per heavy atom. The fraction of sp³-hybridized carbons (Fsp3) is 0.304. The number of carbonyl (C=O) groups excluding carboxylic acids is 2. The van der Waals surface area contributed by atoms with Crippen LogP contribution in [-0.4, -0.2) is 48.1 Å². The molecule has 0 fully saturated rings. The first kappa shape index (κ1) is 27.0. The predicted octanol–water partition coefficient (Wildman–Crippen LogP) is 3.76. The molecule has 0 aliphatic carbocycles. The third-order valence-electron chi connectivity index (χ3n) is 4.54. The zero-order valence-corrected chi connectivity index (χ0v) is 20.7. The molecule has 0 bridgehead atoms. The number of hydrogen-bond acceptors (Lipinski definition) is 9. The van der Waals surface area contributed by atoms with Crippen LogP contribution < -0.4 is 23.7 Å². The molecule has 0 heterocycles. The number of halogens is 1. The van der Waals surface area contributed by atoms with Gasteiger partial charge in [-0.1, -0.05) is 6.07 Å². The number of rotatable bonds is 12. The van der Waals surface area contributed by atoms with Gasteiger partial charge in [0.1, 0.15) is 17.2 Å². The molecule has 184 valence electrons. The van der Waals surface area contributed by atoms with Crippen LogP contribution in [0.5, 0.6) is 28.7 Å². The van der Waals surface area contributed by atoms with Crippen LogP contribution in [0.3, 0.4) is 0 Å². The van der Waals surface area contributed by atoms with E-state index < -0.39 is 21.0 Å². The zero-order chi connectivity index (χ0) is 25.3. The fourth-order valence-corrected chi connectivity index (χ4v) is 4.09. The minimum absolute atomic E-state index is 0.0321. The van der Waals surface area contributed by atoms with Gasteiger partial charge in [-0.05, 0) is 35.4 Å². The van der Waals surface area contributed by atoms with E-state index >= 15 is 0 Å². The highest BCUT2D eigenvalue weighted by Gasteiger charge is 2.16. The Labute approximate surface area is 203 Å². The van der Waals surface area contributed by atoms with Crippen molar-refractivity contribution in [2.24, 2.45) is 0 Å². The molecule has 0 atom stereocenters. The van der Waals surface area contributed by atoms with Gasteiger partial charge in [-0.25, -0.2) is 8.42 Å². The molecule has 2 aromatic carbocycles. The maximum Gasteiger partial charge on any atom is 0.311 e. The second kappa shape index (κ2) is 12.3. The fourth-order valence-electron chi connectivity index (χ4n) is 2.91. The number of sulfone groups is 1. The van der Waals surface area contributed by atoms with Gasteiger partial charge in [0.05, 0.1) is 46.2 Å². The first-order chi connectivity index (χ1) is 16.1. The van der Waals surface area contributed by atoms with E-state index in [1.807, 2.05) is 0 Å². The Balaban J connectivity index is 2.27.